The van der Waals surface area contributed by atoms with Crippen molar-refractivity contribution in [3.05, 3.63) is 40.0 Å². The van der Waals surface area contributed by atoms with E-state index in [4.69, 9.17) is 10.6 Å². The van der Waals surface area contributed by atoms with Crippen molar-refractivity contribution < 1.29 is 9.50 Å². The van der Waals surface area contributed by atoms with Crippen LogP contribution in [0.1, 0.15) is 5.56 Å². The van der Waals surface area contributed by atoms with E-state index in [-0.39, 0.29) is 6.54 Å². The molecule has 0 aliphatic rings. The lowest BCUT2D eigenvalue weighted by Gasteiger charge is -1.94. The quantitative estimate of drug-likeness (QED) is 0.314. The molecule has 0 saturated heterocycles. The van der Waals surface area contributed by atoms with E-state index in [1.54, 1.807) is 0 Å². The second-order valence-electron chi connectivity index (χ2n) is 2.36. The minimum absolute atomic E-state index is 0.0502. The van der Waals surface area contributed by atoms with Gasteiger partial charge in [0.05, 0.1) is 6.54 Å². The van der Waals surface area contributed by atoms with Gasteiger partial charge in [0.15, 0.2) is 11.6 Å². The lowest BCUT2D eigenvalue weighted by atomic mass is 10.2. The first-order valence-electron chi connectivity index (χ1n) is 3.72. The zero-order valence-electron chi connectivity index (χ0n) is 7.11. The summed E-state index contributed by atoms with van der Waals surface area (Å²) in [5.41, 5.74) is 8.41. The summed E-state index contributed by atoms with van der Waals surface area (Å²) in [5, 5.41) is 12.2. The van der Waals surface area contributed by atoms with Gasteiger partial charge in [-0.3, -0.25) is 0 Å². The molecule has 1 N–H and O–H groups in total. The SMILES string of the molecule is [N-]=[N+]=NCC#Cc1ccc(F)c(O)c1. The Hall–Kier alpha value is -2.18. The van der Waals surface area contributed by atoms with Crippen LogP contribution in [-0.4, -0.2) is 11.7 Å². The summed E-state index contributed by atoms with van der Waals surface area (Å²) in [4.78, 5) is 2.51. The average molecular weight is 191 g/mol. The fourth-order valence-corrected chi connectivity index (χ4v) is 0.799. The standard InChI is InChI=1S/C9H6FN3O/c10-8-4-3-7(6-9(8)14)2-1-5-12-13-11/h3-4,6,14H,5H2. The molecule has 14 heavy (non-hydrogen) atoms. The predicted molar refractivity (Wildman–Crippen MR) is 49.0 cm³/mol. The number of phenols is 1. The Morgan fingerprint density at radius 3 is 3.00 bits per heavy atom. The van der Waals surface area contributed by atoms with Crippen LogP contribution in [0.4, 0.5) is 4.39 Å². The zero-order valence-corrected chi connectivity index (χ0v) is 7.11. The van der Waals surface area contributed by atoms with Crippen LogP contribution >= 0.6 is 0 Å². The van der Waals surface area contributed by atoms with E-state index in [1.807, 2.05) is 0 Å². The Morgan fingerprint density at radius 2 is 2.36 bits per heavy atom. The first-order chi connectivity index (χ1) is 6.74. The number of azide groups is 1. The lowest BCUT2D eigenvalue weighted by Crippen LogP contribution is -1.79. The van der Waals surface area contributed by atoms with Gasteiger partial charge in [0.1, 0.15) is 0 Å². The predicted octanol–water partition coefficient (Wildman–Crippen LogP) is 2.19. The van der Waals surface area contributed by atoms with Crippen molar-refractivity contribution in [3.63, 3.8) is 0 Å². The highest BCUT2D eigenvalue weighted by atomic mass is 19.1. The van der Waals surface area contributed by atoms with Gasteiger partial charge in [0.2, 0.25) is 0 Å². The molecule has 0 aliphatic carbocycles. The van der Waals surface area contributed by atoms with Crippen molar-refractivity contribution >= 4 is 0 Å². The fraction of sp³-hybridized carbons (Fsp3) is 0.111. The molecule has 0 spiro atoms. The molecular formula is C9H6FN3O. The van der Waals surface area contributed by atoms with Gasteiger partial charge in [0.25, 0.3) is 0 Å². The molecule has 0 unspecified atom stereocenters. The summed E-state index contributed by atoms with van der Waals surface area (Å²) in [6.07, 6.45) is 0. The number of hydrogen-bond donors (Lipinski definition) is 1. The number of halogens is 1. The molecule has 0 atom stereocenters. The molecular weight excluding hydrogens is 185 g/mol. The third-order valence-electron chi connectivity index (χ3n) is 1.39. The van der Waals surface area contributed by atoms with Gasteiger partial charge in [-0.25, -0.2) is 4.39 Å². The molecule has 70 valence electrons. The molecule has 1 aromatic rings. The Kier molecular flexibility index (Phi) is 3.36. The van der Waals surface area contributed by atoms with Gasteiger partial charge < -0.3 is 5.11 Å². The van der Waals surface area contributed by atoms with E-state index in [0.29, 0.717) is 5.56 Å². The molecule has 0 fully saturated rings. The highest BCUT2D eigenvalue weighted by molar-refractivity contribution is 5.40. The third-order valence-corrected chi connectivity index (χ3v) is 1.39. The topological polar surface area (TPSA) is 69.0 Å². The van der Waals surface area contributed by atoms with Crippen LogP contribution in [0.2, 0.25) is 0 Å². The van der Waals surface area contributed by atoms with Crippen LogP contribution in [0.15, 0.2) is 23.3 Å². The summed E-state index contributed by atoms with van der Waals surface area (Å²) >= 11 is 0. The maximum Gasteiger partial charge on any atom is 0.164 e. The second-order valence-corrected chi connectivity index (χ2v) is 2.36. The number of benzene rings is 1. The molecule has 1 rings (SSSR count). The molecule has 5 heteroatoms. The molecule has 0 heterocycles. The number of nitrogens with zero attached hydrogens (tertiary/aromatic N) is 3. The van der Waals surface area contributed by atoms with Crippen molar-refractivity contribution in [1.82, 2.24) is 0 Å². The Bertz CT molecular complexity index is 441. The highest BCUT2D eigenvalue weighted by Crippen LogP contribution is 2.15. The van der Waals surface area contributed by atoms with E-state index in [9.17, 15) is 4.39 Å². The molecule has 4 nitrogen and oxygen atoms in total. The van der Waals surface area contributed by atoms with Crippen LogP contribution in [0.25, 0.3) is 10.4 Å². The molecule has 0 radical (unpaired) electrons. The maximum atomic E-state index is 12.6. The molecule has 0 amide bonds. The number of rotatable bonds is 1. The fourth-order valence-electron chi connectivity index (χ4n) is 0.799. The van der Waals surface area contributed by atoms with Crippen LogP contribution in [0.3, 0.4) is 0 Å². The van der Waals surface area contributed by atoms with Gasteiger partial charge >= 0.3 is 0 Å². The van der Waals surface area contributed by atoms with E-state index < -0.39 is 11.6 Å². The minimum atomic E-state index is -0.689. The van der Waals surface area contributed by atoms with E-state index in [1.165, 1.54) is 12.1 Å². The van der Waals surface area contributed by atoms with Crippen molar-refractivity contribution in [3.8, 4) is 17.6 Å². The molecule has 0 saturated carbocycles. The summed E-state index contributed by atoms with van der Waals surface area (Å²) in [5.74, 6) is 4.02. The normalized spacial score (nSPS) is 8.36. The van der Waals surface area contributed by atoms with Gasteiger partial charge in [-0.1, -0.05) is 17.0 Å². The Morgan fingerprint density at radius 1 is 1.57 bits per heavy atom. The molecule has 0 aromatic heterocycles. The monoisotopic (exact) mass is 191 g/mol. The van der Waals surface area contributed by atoms with E-state index >= 15 is 0 Å². The third kappa shape index (κ3) is 2.70. The zero-order chi connectivity index (χ0) is 10.4. The first-order valence-corrected chi connectivity index (χ1v) is 3.72. The second kappa shape index (κ2) is 4.75. The van der Waals surface area contributed by atoms with Crippen molar-refractivity contribution in [1.29, 1.82) is 0 Å². The van der Waals surface area contributed by atoms with Crippen LogP contribution in [0, 0.1) is 17.7 Å². The number of hydrogen-bond acceptors (Lipinski definition) is 2. The average Bonchev–Trinajstić information content (AvgIpc) is 2.18. The summed E-state index contributed by atoms with van der Waals surface area (Å²) in [6, 6.07) is 3.75. The van der Waals surface area contributed by atoms with Crippen LogP contribution in [0.5, 0.6) is 5.75 Å². The van der Waals surface area contributed by atoms with E-state index in [0.717, 1.165) is 6.07 Å². The maximum absolute atomic E-state index is 12.6. The number of phenolic OH excluding ortho intramolecular Hbond substituents is 1. The van der Waals surface area contributed by atoms with E-state index in [2.05, 4.69) is 21.9 Å². The largest absolute Gasteiger partial charge is 0.505 e. The molecule has 0 bridgehead atoms. The minimum Gasteiger partial charge on any atom is -0.505 e. The van der Waals surface area contributed by atoms with Gasteiger partial charge in [0, 0.05) is 10.5 Å². The Balaban J connectivity index is 2.80. The number of aromatic hydroxyl groups is 1. The summed E-state index contributed by atoms with van der Waals surface area (Å²) < 4.78 is 12.6. The van der Waals surface area contributed by atoms with Gasteiger partial charge in [-0.2, -0.15) is 0 Å². The first kappa shape index (κ1) is 9.90. The highest BCUT2D eigenvalue weighted by Gasteiger charge is 1.98. The van der Waals surface area contributed by atoms with Crippen molar-refractivity contribution in [2.45, 2.75) is 0 Å². The summed E-state index contributed by atoms with van der Waals surface area (Å²) in [7, 11) is 0. The lowest BCUT2D eigenvalue weighted by molar-refractivity contribution is 0.432. The smallest absolute Gasteiger partial charge is 0.164 e. The van der Waals surface area contributed by atoms with Crippen molar-refractivity contribution in [2.24, 2.45) is 5.11 Å². The summed E-state index contributed by atoms with van der Waals surface area (Å²) in [6.45, 7) is 0.0502. The molecule has 1 aromatic carbocycles. The van der Waals surface area contributed by atoms with Crippen LogP contribution < -0.4 is 0 Å². The Labute approximate surface area is 79.6 Å². The van der Waals surface area contributed by atoms with Gasteiger partial charge in [-0.05, 0) is 23.7 Å². The molecule has 0 aliphatic heterocycles. The van der Waals surface area contributed by atoms with Gasteiger partial charge in [-0.15, -0.1) is 0 Å². The van der Waals surface area contributed by atoms with Crippen LogP contribution in [-0.2, 0) is 0 Å². The van der Waals surface area contributed by atoms with Crippen molar-refractivity contribution in [2.75, 3.05) is 6.54 Å².